The number of carbonyl (C=O) groups excluding carboxylic acids is 1. The molecular weight excluding hydrogens is 737 g/mol. The Morgan fingerprint density at radius 1 is 1.00 bits per heavy atom. The summed E-state index contributed by atoms with van der Waals surface area (Å²) < 4.78 is 19.2. The number of rotatable bonds is 14. The number of esters is 1. The summed E-state index contributed by atoms with van der Waals surface area (Å²) in [5.74, 6) is -1.27. The van der Waals surface area contributed by atoms with Crippen LogP contribution in [0.15, 0.2) is 71.8 Å². The van der Waals surface area contributed by atoms with Crippen LogP contribution in [0.5, 0.6) is 11.6 Å². The van der Waals surface area contributed by atoms with Gasteiger partial charge in [0, 0.05) is 16.8 Å². The van der Waals surface area contributed by atoms with E-state index in [1.165, 1.54) is 28.6 Å². The van der Waals surface area contributed by atoms with E-state index in [1.54, 1.807) is 70.5 Å². The molecule has 0 fully saturated rings. The number of halogens is 2. The highest BCUT2D eigenvalue weighted by Crippen LogP contribution is 2.38. The van der Waals surface area contributed by atoms with Crippen LogP contribution in [-0.2, 0) is 16.1 Å². The lowest BCUT2D eigenvalue weighted by molar-refractivity contribution is -0.152. The fraction of sp³-hybridized carbons (Fsp3) is 0.316. The van der Waals surface area contributed by atoms with E-state index in [0.29, 0.717) is 33.3 Å². The molecule has 54 heavy (non-hydrogen) atoms. The number of hydrogen-bond acceptors (Lipinski definition) is 11. The lowest BCUT2D eigenvalue weighted by atomic mass is 9.92. The van der Waals surface area contributed by atoms with Gasteiger partial charge in [-0.3, -0.25) is 9.59 Å². The van der Waals surface area contributed by atoms with Gasteiger partial charge in [-0.1, -0.05) is 61.3 Å². The van der Waals surface area contributed by atoms with Crippen molar-refractivity contribution in [1.82, 2.24) is 24.3 Å². The van der Waals surface area contributed by atoms with Gasteiger partial charge in [0.2, 0.25) is 11.8 Å². The van der Waals surface area contributed by atoms with Gasteiger partial charge in [-0.25, -0.2) is 14.5 Å². The number of pyridine rings is 1. The summed E-state index contributed by atoms with van der Waals surface area (Å²) in [6.45, 7) is 9.11. The predicted molar refractivity (Wildman–Crippen MR) is 206 cm³/mol. The molecule has 0 bridgehead atoms. The van der Waals surface area contributed by atoms with Crippen LogP contribution in [0.1, 0.15) is 79.5 Å². The highest BCUT2D eigenvalue weighted by molar-refractivity contribution is 6.30. The van der Waals surface area contributed by atoms with Crippen molar-refractivity contribution in [3.63, 3.8) is 0 Å². The maximum atomic E-state index is 13.2. The molecule has 0 aliphatic rings. The summed E-state index contributed by atoms with van der Waals surface area (Å²) >= 11 is 12.8. The van der Waals surface area contributed by atoms with Crippen molar-refractivity contribution in [1.29, 1.82) is 0 Å². The Balaban J connectivity index is 1.62. The zero-order valence-electron chi connectivity index (χ0n) is 30.8. The molecule has 3 aromatic heterocycles. The van der Waals surface area contributed by atoms with Crippen molar-refractivity contribution >= 4 is 46.8 Å². The quantitative estimate of drug-likeness (QED) is 0.0991. The zero-order chi connectivity index (χ0) is 39.3. The summed E-state index contributed by atoms with van der Waals surface area (Å²) in [6, 6.07) is 14.9. The Morgan fingerprint density at radius 3 is 2.28 bits per heavy atom. The number of aromatic carboxylic acids is 1. The normalized spacial score (nSPS) is 12.0. The molecule has 5 aromatic rings. The number of carboxylic acids is 1. The minimum absolute atomic E-state index is 0.0381. The van der Waals surface area contributed by atoms with Crippen molar-refractivity contribution in [3.8, 4) is 17.3 Å². The summed E-state index contributed by atoms with van der Waals surface area (Å²) in [5, 5.41) is 21.9. The number of carboxylic acid groups (broad SMARTS) is 1. The SMILES string of the molecule is COc1ccc(Cn2cc(NC(c3ccc(Cl)cc3)c3c(C(=O)O)nn(-c4cnc(NCC(=O)OC(C)(C)C)nc4OC)c3C(C)C)cc(Cl)c2=O)cc1. The molecule has 14 nitrogen and oxygen atoms in total. The number of aromatic nitrogens is 5. The van der Waals surface area contributed by atoms with Gasteiger partial charge in [0.15, 0.2) is 5.69 Å². The largest absolute Gasteiger partial charge is 0.497 e. The fourth-order valence-corrected chi connectivity index (χ4v) is 6.11. The van der Waals surface area contributed by atoms with Gasteiger partial charge in [0.05, 0.1) is 44.4 Å². The Labute approximate surface area is 322 Å². The van der Waals surface area contributed by atoms with Gasteiger partial charge in [0.25, 0.3) is 5.56 Å². The van der Waals surface area contributed by atoms with E-state index < -0.39 is 29.1 Å². The van der Waals surface area contributed by atoms with Gasteiger partial charge < -0.3 is 34.5 Å². The zero-order valence-corrected chi connectivity index (χ0v) is 32.3. The van der Waals surface area contributed by atoms with E-state index in [9.17, 15) is 19.5 Å². The minimum Gasteiger partial charge on any atom is -0.497 e. The van der Waals surface area contributed by atoms with Crippen LogP contribution in [-0.4, -0.2) is 67.7 Å². The van der Waals surface area contributed by atoms with Gasteiger partial charge in [-0.2, -0.15) is 10.1 Å². The molecule has 0 radical (unpaired) electrons. The molecule has 0 aliphatic carbocycles. The summed E-state index contributed by atoms with van der Waals surface area (Å²) in [6.07, 6.45) is 3.05. The molecule has 0 saturated carbocycles. The van der Waals surface area contributed by atoms with E-state index in [0.717, 1.165) is 5.56 Å². The fourth-order valence-electron chi connectivity index (χ4n) is 5.76. The van der Waals surface area contributed by atoms with Crippen molar-refractivity contribution in [2.24, 2.45) is 0 Å². The van der Waals surface area contributed by atoms with Crippen LogP contribution < -0.4 is 25.7 Å². The van der Waals surface area contributed by atoms with E-state index in [4.69, 9.17) is 37.4 Å². The number of nitrogens with one attached hydrogen (secondary N) is 2. The average Bonchev–Trinajstić information content (AvgIpc) is 3.53. The molecule has 0 saturated heterocycles. The first-order valence-corrected chi connectivity index (χ1v) is 17.6. The first-order chi connectivity index (χ1) is 25.6. The molecule has 0 aliphatic heterocycles. The molecule has 3 N–H and O–H groups in total. The number of anilines is 2. The van der Waals surface area contributed by atoms with E-state index in [1.807, 2.05) is 26.0 Å². The smallest absolute Gasteiger partial charge is 0.356 e. The second kappa shape index (κ2) is 16.6. The van der Waals surface area contributed by atoms with Gasteiger partial charge in [0.1, 0.15) is 28.6 Å². The highest BCUT2D eigenvalue weighted by atomic mass is 35.5. The molecule has 284 valence electrons. The van der Waals surface area contributed by atoms with Crippen LogP contribution in [0.25, 0.3) is 5.69 Å². The molecule has 1 unspecified atom stereocenters. The summed E-state index contributed by atoms with van der Waals surface area (Å²) in [4.78, 5) is 47.3. The maximum Gasteiger partial charge on any atom is 0.356 e. The van der Waals surface area contributed by atoms with Crippen LogP contribution >= 0.6 is 23.2 Å². The third-order valence-corrected chi connectivity index (χ3v) is 8.56. The number of ether oxygens (including phenoxy) is 3. The predicted octanol–water partition coefficient (Wildman–Crippen LogP) is 6.97. The highest BCUT2D eigenvalue weighted by Gasteiger charge is 2.33. The Morgan fingerprint density at radius 2 is 1.69 bits per heavy atom. The molecule has 5 rings (SSSR count). The molecule has 0 spiro atoms. The summed E-state index contributed by atoms with van der Waals surface area (Å²) in [5.41, 5.74) is 1.69. The van der Waals surface area contributed by atoms with Gasteiger partial charge in [-0.15, -0.1) is 0 Å². The maximum absolute atomic E-state index is 13.2. The summed E-state index contributed by atoms with van der Waals surface area (Å²) in [7, 11) is 2.98. The van der Waals surface area contributed by atoms with Crippen LogP contribution in [0.2, 0.25) is 10.0 Å². The lowest BCUT2D eigenvalue weighted by Crippen LogP contribution is -2.28. The minimum atomic E-state index is -1.29. The van der Waals surface area contributed by atoms with Crippen LogP contribution in [0.4, 0.5) is 11.6 Å². The third kappa shape index (κ3) is 9.30. The molecule has 1 atom stereocenters. The Kier molecular flexibility index (Phi) is 12.2. The van der Waals surface area contributed by atoms with Crippen molar-refractivity contribution < 1.29 is 28.9 Å². The lowest BCUT2D eigenvalue weighted by Gasteiger charge is -2.24. The van der Waals surface area contributed by atoms with Crippen molar-refractivity contribution in [3.05, 3.63) is 115 Å². The van der Waals surface area contributed by atoms with Gasteiger partial charge in [-0.05, 0) is 68.1 Å². The molecule has 3 heterocycles. The number of carbonyl (C=O) groups is 2. The van der Waals surface area contributed by atoms with Crippen LogP contribution in [0, 0.1) is 0 Å². The van der Waals surface area contributed by atoms with E-state index >= 15 is 0 Å². The van der Waals surface area contributed by atoms with Crippen LogP contribution in [0.3, 0.4) is 0 Å². The average molecular weight is 779 g/mol. The first kappa shape index (κ1) is 39.6. The number of methoxy groups -OCH3 is 2. The Bertz CT molecular complexity index is 2200. The number of benzene rings is 2. The Hall–Kier alpha value is -5.60. The monoisotopic (exact) mass is 777 g/mol. The third-order valence-electron chi connectivity index (χ3n) is 8.03. The first-order valence-electron chi connectivity index (χ1n) is 16.9. The van der Waals surface area contributed by atoms with Crippen molar-refractivity contribution in [2.75, 3.05) is 31.4 Å². The second-order valence-corrected chi connectivity index (χ2v) is 14.4. The topological polar surface area (TPSA) is 172 Å². The van der Waals surface area contributed by atoms with Crippen molar-refractivity contribution in [2.45, 2.75) is 58.7 Å². The molecular formula is C38H41Cl2N7O7. The van der Waals surface area contributed by atoms with E-state index in [2.05, 4.69) is 25.7 Å². The van der Waals surface area contributed by atoms with Gasteiger partial charge >= 0.3 is 11.9 Å². The number of hydrogen-bond donors (Lipinski definition) is 3. The molecule has 16 heteroatoms. The molecule has 2 aromatic carbocycles. The standard InChI is InChI=1S/C38H41Cl2N7O7/c1-21(2)33-30(32(36(50)51)45-47(33)28-17-41-37(44-34(28)53-7)42-18-29(48)54-38(3,4)5)31(23-10-12-24(39)13-11-23)43-25-16-27(40)35(49)46(20-25)19-22-8-14-26(52-6)15-9-22/h8-17,20-21,31,43H,18-19H2,1-7H3,(H,50,51)(H,41,42,44). The molecule has 0 amide bonds. The number of nitrogens with zero attached hydrogens (tertiary/aromatic N) is 5. The second-order valence-electron chi connectivity index (χ2n) is 13.5. The van der Waals surface area contributed by atoms with E-state index in [-0.39, 0.29) is 47.2 Å².